The number of aromatic amines is 1. The van der Waals surface area contributed by atoms with Crippen LogP contribution in [0.4, 0.5) is 4.39 Å². The summed E-state index contributed by atoms with van der Waals surface area (Å²) in [5, 5.41) is 0.915. The molecular formula is C22H23FN2O. The highest BCUT2D eigenvalue weighted by molar-refractivity contribution is 5.81. The number of carbonyl (C=O) groups is 1. The first-order valence-corrected chi connectivity index (χ1v) is 9.20. The maximum atomic E-state index is 13.4. The third kappa shape index (κ3) is 3.50. The lowest BCUT2D eigenvalue weighted by atomic mass is 9.93. The van der Waals surface area contributed by atoms with Gasteiger partial charge in [-0.15, -0.1) is 0 Å². The number of aryl methyl sites for hydroxylation is 1. The minimum Gasteiger partial charge on any atom is -0.358 e. The first-order valence-electron chi connectivity index (χ1n) is 9.20. The van der Waals surface area contributed by atoms with E-state index in [0.717, 1.165) is 48.1 Å². The molecule has 1 aromatic heterocycles. The van der Waals surface area contributed by atoms with E-state index in [1.165, 1.54) is 11.6 Å². The van der Waals surface area contributed by atoms with Crippen LogP contribution in [0.2, 0.25) is 0 Å². The Morgan fingerprint density at radius 3 is 2.58 bits per heavy atom. The highest BCUT2D eigenvalue weighted by Gasteiger charge is 2.24. The molecule has 4 heteroatoms. The van der Waals surface area contributed by atoms with E-state index in [4.69, 9.17) is 0 Å². The van der Waals surface area contributed by atoms with Crippen molar-refractivity contribution >= 4 is 16.8 Å². The number of carbonyl (C=O) groups excluding carboxylic acids is 1. The van der Waals surface area contributed by atoms with Gasteiger partial charge >= 0.3 is 0 Å². The average Bonchev–Trinajstić information content (AvgIpc) is 3.07. The molecule has 0 aliphatic carbocycles. The first-order chi connectivity index (χ1) is 12.6. The fraction of sp³-hybridized carbons (Fsp3) is 0.318. The maximum absolute atomic E-state index is 13.4. The van der Waals surface area contributed by atoms with E-state index in [0.29, 0.717) is 12.3 Å². The number of amides is 1. The van der Waals surface area contributed by atoms with Crippen LogP contribution >= 0.6 is 0 Å². The van der Waals surface area contributed by atoms with Gasteiger partial charge in [-0.1, -0.05) is 29.8 Å². The maximum Gasteiger partial charge on any atom is 0.226 e. The van der Waals surface area contributed by atoms with Gasteiger partial charge in [-0.2, -0.15) is 0 Å². The summed E-state index contributed by atoms with van der Waals surface area (Å²) >= 11 is 0. The molecule has 1 saturated heterocycles. The molecule has 2 heterocycles. The number of aromatic nitrogens is 1. The zero-order chi connectivity index (χ0) is 18.1. The normalized spacial score (nSPS) is 15.5. The fourth-order valence-electron chi connectivity index (χ4n) is 3.78. The zero-order valence-corrected chi connectivity index (χ0v) is 15.0. The quantitative estimate of drug-likeness (QED) is 0.738. The Bertz CT molecular complexity index is 921. The molecule has 1 aliphatic rings. The number of hydrogen-bond acceptors (Lipinski definition) is 1. The van der Waals surface area contributed by atoms with Gasteiger partial charge in [-0.25, -0.2) is 4.39 Å². The monoisotopic (exact) mass is 350 g/mol. The summed E-state index contributed by atoms with van der Waals surface area (Å²) in [5.41, 5.74) is 4.40. The van der Waals surface area contributed by atoms with E-state index in [1.54, 1.807) is 12.1 Å². The van der Waals surface area contributed by atoms with E-state index in [-0.39, 0.29) is 11.7 Å². The standard InChI is InChI=1S/C22H23FN2O/c1-15-2-4-16(5-3-15)12-22(26)25-10-8-17(9-11-25)21-14-18-13-19(23)6-7-20(18)24-21/h2-7,13-14,17,24H,8-12H2,1H3. The topological polar surface area (TPSA) is 36.1 Å². The van der Waals surface area contributed by atoms with Crippen LogP contribution in [0.5, 0.6) is 0 Å². The number of nitrogens with one attached hydrogen (secondary N) is 1. The van der Waals surface area contributed by atoms with Crippen molar-refractivity contribution in [1.29, 1.82) is 0 Å². The third-order valence-corrected chi connectivity index (χ3v) is 5.37. The van der Waals surface area contributed by atoms with Crippen LogP contribution in [-0.2, 0) is 11.2 Å². The number of halogens is 1. The van der Waals surface area contributed by atoms with E-state index >= 15 is 0 Å². The number of piperidine rings is 1. The van der Waals surface area contributed by atoms with Gasteiger partial charge in [0.1, 0.15) is 5.82 Å². The van der Waals surface area contributed by atoms with Crippen molar-refractivity contribution in [2.45, 2.75) is 32.1 Å². The molecule has 0 radical (unpaired) electrons. The van der Waals surface area contributed by atoms with Crippen molar-refractivity contribution in [3.8, 4) is 0 Å². The Kier molecular flexibility index (Phi) is 4.49. The van der Waals surface area contributed by atoms with Gasteiger partial charge in [0, 0.05) is 35.6 Å². The summed E-state index contributed by atoms with van der Waals surface area (Å²) in [7, 11) is 0. The molecule has 0 saturated carbocycles. The lowest BCUT2D eigenvalue weighted by Gasteiger charge is -2.31. The number of fused-ring (bicyclic) bond motifs is 1. The van der Waals surface area contributed by atoms with E-state index in [2.05, 4.69) is 11.9 Å². The average molecular weight is 350 g/mol. The Balaban J connectivity index is 1.38. The SMILES string of the molecule is Cc1ccc(CC(=O)N2CCC(c3cc4cc(F)ccc4[nH]3)CC2)cc1. The van der Waals surface area contributed by atoms with Crippen LogP contribution < -0.4 is 0 Å². The Morgan fingerprint density at radius 2 is 1.85 bits per heavy atom. The molecule has 1 aliphatic heterocycles. The van der Waals surface area contributed by atoms with Crippen molar-refractivity contribution in [2.24, 2.45) is 0 Å². The molecule has 3 nitrogen and oxygen atoms in total. The molecule has 4 rings (SSSR count). The number of likely N-dealkylation sites (tertiary alicyclic amines) is 1. The van der Waals surface area contributed by atoms with E-state index < -0.39 is 0 Å². The zero-order valence-electron chi connectivity index (χ0n) is 15.0. The van der Waals surface area contributed by atoms with Gasteiger partial charge in [0.25, 0.3) is 0 Å². The van der Waals surface area contributed by atoms with Crippen LogP contribution in [0.15, 0.2) is 48.5 Å². The van der Waals surface area contributed by atoms with Crippen LogP contribution in [0.3, 0.4) is 0 Å². The lowest BCUT2D eigenvalue weighted by Crippen LogP contribution is -2.38. The van der Waals surface area contributed by atoms with Gasteiger partial charge in [0.2, 0.25) is 5.91 Å². The molecule has 3 aromatic rings. The molecule has 0 spiro atoms. The Labute approximate surface area is 152 Å². The van der Waals surface area contributed by atoms with Gasteiger partial charge < -0.3 is 9.88 Å². The van der Waals surface area contributed by atoms with Gasteiger partial charge in [0.15, 0.2) is 0 Å². The van der Waals surface area contributed by atoms with Crippen LogP contribution in [0.25, 0.3) is 10.9 Å². The van der Waals surface area contributed by atoms with E-state index in [1.807, 2.05) is 35.2 Å². The molecule has 0 atom stereocenters. The molecule has 0 bridgehead atoms. The predicted molar refractivity (Wildman–Crippen MR) is 102 cm³/mol. The first kappa shape index (κ1) is 16.8. The number of benzene rings is 2. The largest absolute Gasteiger partial charge is 0.358 e. The molecule has 0 unspecified atom stereocenters. The fourth-order valence-corrected chi connectivity index (χ4v) is 3.78. The van der Waals surface area contributed by atoms with Crippen LogP contribution in [-0.4, -0.2) is 28.9 Å². The molecule has 134 valence electrons. The summed E-state index contributed by atoms with van der Waals surface area (Å²) in [5.74, 6) is 0.388. The number of hydrogen-bond donors (Lipinski definition) is 1. The van der Waals surface area contributed by atoms with Gasteiger partial charge in [0.05, 0.1) is 6.42 Å². The van der Waals surface area contributed by atoms with Gasteiger partial charge in [-0.05, 0) is 49.6 Å². The summed E-state index contributed by atoms with van der Waals surface area (Å²) in [6, 6.07) is 15.0. The second-order valence-corrected chi connectivity index (χ2v) is 7.27. The van der Waals surface area contributed by atoms with Crippen LogP contribution in [0, 0.1) is 12.7 Å². The van der Waals surface area contributed by atoms with Crippen LogP contribution in [0.1, 0.15) is 35.6 Å². The van der Waals surface area contributed by atoms with Crippen molar-refractivity contribution < 1.29 is 9.18 Å². The molecule has 2 aromatic carbocycles. The van der Waals surface area contributed by atoms with Crippen molar-refractivity contribution in [2.75, 3.05) is 13.1 Å². The Hall–Kier alpha value is -2.62. The van der Waals surface area contributed by atoms with Crippen molar-refractivity contribution in [1.82, 2.24) is 9.88 Å². The van der Waals surface area contributed by atoms with Gasteiger partial charge in [-0.3, -0.25) is 4.79 Å². The molecule has 26 heavy (non-hydrogen) atoms. The second-order valence-electron chi connectivity index (χ2n) is 7.27. The number of nitrogens with zero attached hydrogens (tertiary/aromatic N) is 1. The summed E-state index contributed by atoms with van der Waals surface area (Å²) in [6.45, 7) is 3.60. The number of rotatable bonds is 3. The predicted octanol–water partition coefficient (Wildman–Crippen LogP) is 4.56. The van der Waals surface area contributed by atoms with Crippen molar-refractivity contribution in [3.63, 3.8) is 0 Å². The third-order valence-electron chi connectivity index (χ3n) is 5.37. The molecular weight excluding hydrogens is 327 g/mol. The summed E-state index contributed by atoms with van der Waals surface area (Å²) in [6.07, 6.45) is 2.35. The minimum absolute atomic E-state index is 0.200. The highest BCUT2D eigenvalue weighted by Crippen LogP contribution is 2.30. The Morgan fingerprint density at radius 1 is 1.12 bits per heavy atom. The van der Waals surface area contributed by atoms with Crippen molar-refractivity contribution in [3.05, 3.63) is 71.2 Å². The summed E-state index contributed by atoms with van der Waals surface area (Å²) in [4.78, 5) is 17.9. The van der Waals surface area contributed by atoms with E-state index in [9.17, 15) is 9.18 Å². The molecule has 1 amide bonds. The number of H-pyrrole nitrogens is 1. The minimum atomic E-state index is -0.209. The lowest BCUT2D eigenvalue weighted by molar-refractivity contribution is -0.131. The molecule has 1 fully saturated rings. The summed E-state index contributed by atoms with van der Waals surface area (Å²) < 4.78 is 13.4. The smallest absolute Gasteiger partial charge is 0.226 e. The highest BCUT2D eigenvalue weighted by atomic mass is 19.1. The molecule has 1 N–H and O–H groups in total. The second kappa shape index (κ2) is 6.94.